The molecule has 0 spiro atoms. The standard InChI is InChI=1S/C12H10S2.C3H8O3S.Na.H/c1-3-7-11(8-4-1)13-14-12-9-5-2-6-10-12;1-2-3-7(4,5)6;;/h1-10H;2-3H2,1H3,(H,4,5,6);;. The molecule has 0 heterocycles. The predicted molar refractivity (Wildman–Crippen MR) is 98.5 cm³/mol. The molecule has 0 saturated heterocycles. The Bertz CT molecular complexity index is 565. The number of benzene rings is 2. The van der Waals surface area contributed by atoms with Crippen molar-refractivity contribution in [3.8, 4) is 0 Å². The largest absolute Gasteiger partial charge is 0.0622 e. The second-order valence-electron chi connectivity index (χ2n) is 4.08. The topological polar surface area (TPSA) is 54.4 Å². The SMILES string of the molecule is CCCS(=O)(=O)O.[NaH].c1ccc(SSc2ccccc2)cc1. The quantitative estimate of drug-likeness (QED) is 0.490. The van der Waals surface area contributed by atoms with E-state index in [0.717, 1.165) is 0 Å². The molecule has 116 valence electrons. The Labute approximate surface area is 162 Å². The van der Waals surface area contributed by atoms with Crippen LogP contribution >= 0.6 is 21.6 Å². The summed E-state index contributed by atoms with van der Waals surface area (Å²) in [5.41, 5.74) is 0. The smallest absolute Gasteiger partial charge is 0.0186 e. The van der Waals surface area contributed by atoms with E-state index in [4.69, 9.17) is 4.55 Å². The van der Waals surface area contributed by atoms with Crippen LogP contribution in [0.25, 0.3) is 0 Å². The molecule has 22 heavy (non-hydrogen) atoms. The third-order valence-electron chi connectivity index (χ3n) is 2.18. The van der Waals surface area contributed by atoms with E-state index in [1.54, 1.807) is 28.5 Å². The zero-order chi connectivity index (χ0) is 15.6. The van der Waals surface area contributed by atoms with Crippen LogP contribution < -0.4 is 0 Å². The fourth-order valence-electron chi connectivity index (χ4n) is 1.31. The van der Waals surface area contributed by atoms with Crippen LogP contribution in [0.3, 0.4) is 0 Å². The van der Waals surface area contributed by atoms with E-state index >= 15 is 0 Å². The van der Waals surface area contributed by atoms with Crippen molar-refractivity contribution in [1.29, 1.82) is 0 Å². The minimum atomic E-state index is -3.67. The van der Waals surface area contributed by atoms with Gasteiger partial charge in [0, 0.05) is 9.79 Å². The molecule has 0 aromatic heterocycles. The van der Waals surface area contributed by atoms with E-state index in [2.05, 4.69) is 48.5 Å². The van der Waals surface area contributed by atoms with E-state index in [0.29, 0.717) is 6.42 Å². The maximum atomic E-state index is 9.79. The van der Waals surface area contributed by atoms with E-state index in [9.17, 15) is 8.42 Å². The molecule has 2 aromatic rings. The molecule has 0 bridgehead atoms. The maximum Gasteiger partial charge on any atom is 0.0186 e. The molecule has 0 fully saturated rings. The van der Waals surface area contributed by atoms with Gasteiger partial charge in [0.2, 0.25) is 0 Å². The van der Waals surface area contributed by atoms with Crippen molar-refractivity contribution in [2.75, 3.05) is 5.75 Å². The van der Waals surface area contributed by atoms with Crippen molar-refractivity contribution in [2.45, 2.75) is 23.1 Å². The van der Waals surface area contributed by atoms with Crippen molar-refractivity contribution < 1.29 is 13.0 Å². The Hall–Kier alpha value is 0.0500. The molecule has 0 aliphatic carbocycles. The molecule has 2 rings (SSSR count). The van der Waals surface area contributed by atoms with Gasteiger partial charge in [0.1, 0.15) is 0 Å². The summed E-state index contributed by atoms with van der Waals surface area (Å²) in [4.78, 5) is 2.59. The van der Waals surface area contributed by atoms with Crippen LogP contribution in [-0.2, 0) is 10.1 Å². The average molecular weight is 367 g/mol. The van der Waals surface area contributed by atoms with E-state index in [-0.39, 0.29) is 35.3 Å². The van der Waals surface area contributed by atoms with Crippen LogP contribution in [0.1, 0.15) is 13.3 Å². The third kappa shape index (κ3) is 11.6. The molecule has 0 unspecified atom stereocenters. The molecule has 0 atom stereocenters. The van der Waals surface area contributed by atoms with Gasteiger partial charge in [-0.3, -0.25) is 4.55 Å². The first-order valence-corrected chi connectivity index (χ1v) is 10.2. The Balaban J connectivity index is 0.000000478. The Morgan fingerprint density at radius 3 is 1.45 bits per heavy atom. The van der Waals surface area contributed by atoms with Gasteiger partial charge in [0.25, 0.3) is 10.1 Å². The van der Waals surface area contributed by atoms with Gasteiger partial charge >= 0.3 is 29.6 Å². The van der Waals surface area contributed by atoms with Gasteiger partial charge in [-0.05, 0) is 30.7 Å². The van der Waals surface area contributed by atoms with E-state index in [1.165, 1.54) is 9.79 Å². The van der Waals surface area contributed by atoms with Gasteiger partial charge in [0.15, 0.2) is 0 Å². The summed E-state index contributed by atoms with van der Waals surface area (Å²) < 4.78 is 27.6. The Morgan fingerprint density at radius 2 is 1.23 bits per heavy atom. The molecule has 0 radical (unpaired) electrons. The summed E-state index contributed by atoms with van der Waals surface area (Å²) >= 11 is 0. The van der Waals surface area contributed by atoms with Gasteiger partial charge < -0.3 is 0 Å². The average Bonchev–Trinajstić information content (AvgIpc) is 2.47. The molecule has 2 aromatic carbocycles. The van der Waals surface area contributed by atoms with Gasteiger partial charge in [0.05, 0.1) is 5.75 Å². The zero-order valence-electron chi connectivity index (χ0n) is 11.7. The third-order valence-corrected chi connectivity index (χ3v) is 5.52. The summed E-state index contributed by atoms with van der Waals surface area (Å²) in [5.74, 6) is -0.132. The molecule has 3 nitrogen and oxygen atoms in total. The summed E-state index contributed by atoms with van der Waals surface area (Å²) in [6.07, 6.45) is 0.471. The fraction of sp³-hybridized carbons (Fsp3) is 0.200. The first kappa shape index (κ1) is 22.1. The van der Waals surface area contributed by atoms with Gasteiger partial charge in [-0.25, -0.2) is 0 Å². The van der Waals surface area contributed by atoms with Crippen LogP contribution in [-0.4, -0.2) is 48.3 Å². The second-order valence-corrected chi connectivity index (χ2v) is 7.93. The van der Waals surface area contributed by atoms with Crippen molar-refractivity contribution in [3.05, 3.63) is 60.7 Å². The van der Waals surface area contributed by atoms with Crippen LogP contribution in [0.2, 0.25) is 0 Å². The van der Waals surface area contributed by atoms with Crippen molar-refractivity contribution in [1.82, 2.24) is 0 Å². The minimum Gasteiger partial charge on any atom is -0.0622 e. The van der Waals surface area contributed by atoms with Crippen LogP contribution in [0.5, 0.6) is 0 Å². The van der Waals surface area contributed by atoms with Crippen LogP contribution in [0.15, 0.2) is 70.5 Å². The second kappa shape index (κ2) is 12.5. The van der Waals surface area contributed by atoms with Crippen molar-refractivity contribution in [2.24, 2.45) is 0 Å². The Morgan fingerprint density at radius 1 is 0.864 bits per heavy atom. The van der Waals surface area contributed by atoms with Crippen LogP contribution in [0, 0.1) is 0 Å². The summed E-state index contributed by atoms with van der Waals surface area (Å²) in [5, 5.41) is 0. The zero-order valence-corrected chi connectivity index (χ0v) is 14.1. The molecule has 1 N–H and O–H groups in total. The fourth-order valence-corrected chi connectivity index (χ4v) is 3.80. The van der Waals surface area contributed by atoms with Crippen molar-refractivity contribution in [3.63, 3.8) is 0 Å². The first-order chi connectivity index (χ1) is 10.0. The molecule has 0 amide bonds. The summed E-state index contributed by atoms with van der Waals surface area (Å²) in [6, 6.07) is 20.8. The minimum absolute atomic E-state index is 0. The summed E-state index contributed by atoms with van der Waals surface area (Å²) in [7, 11) is -0.0938. The molecule has 0 saturated carbocycles. The summed E-state index contributed by atoms with van der Waals surface area (Å²) in [6.45, 7) is 1.69. The molecule has 7 heteroatoms. The number of rotatable bonds is 5. The van der Waals surface area contributed by atoms with Crippen LogP contribution in [0.4, 0.5) is 0 Å². The molecular weight excluding hydrogens is 347 g/mol. The van der Waals surface area contributed by atoms with Gasteiger partial charge in [-0.2, -0.15) is 8.42 Å². The Kier molecular flexibility index (Phi) is 12.5. The predicted octanol–water partition coefficient (Wildman–Crippen LogP) is 4.12. The number of hydrogen-bond acceptors (Lipinski definition) is 4. The monoisotopic (exact) mass is 366 g/mol. The molecule has 0 aliphatic rings. The molecule has 0 aliphatic heterocycles. The van der Waals surface area contributed by atoms with E-state index < -0.39 is 10.1 Å². The van der Waals surface area contributed by atoms with Gasteiger partial charge in [-0.15, -0.1) is 0 Å². The maximum absolute atomic E-state index is 9.79. The molecular formula is C15H19NaO3S3. The first-order valence-electron chi connectivity index (χ1n) is 6.41. The normalized spacial score (nSPS) is 10.1. The van der Waals surface area contributed by atoms with E-state index in [1.807, 2.05) is 12.1 Å². The van der Waals surface area contributed by atoms with Gasteiger partial charge in [-0.1, -0.05) is 64.9 Å². The number of hydrogen-bond donors (Lipinski definition) is 1. The van der Waals surface area contributed by atoms with Crippen molar-refractivity contribution >= 4 is 61.3 Å².